The van der Waals surface area contributed by atoms with E-state index >= 15 is 0 Å². The van der Waals surface area contributed by atoms with Gasteiger partial charge in [0.2, 0.25) is 0 Å². The maximum absolute atomic E-state index is 12.6. The van der Waals surface area contributed by atoms with Crippen LogP contribution in [-0.2, 0) is 0 Å². The minimum absolute atomic E-state index is 0.0540. The number of methoxy groups -OCH3 is 1. The van der Waals surface area contributed by atoms with E-state index in [2.05, 4.69) is 46.1 Å². The Labute approximate surface area is 168 Å². The van der Waals surface area contributed by atoms with Crippen molar-refractivity contribution in [3.63, 3.8) is 0 Å². The Morgan fingerprint density at radius 2 is 1.96 bits per heavy atom. The van der Waals surface area contributed by atoms with Gasteiger partial charge in [-0.2, -0.15) is 0 Å². The first-order valence-corrected chi connectivity index (χ1v) is 9.78. The number of hydrogen-bond donors (Lipinski definition) is 1. The first kappa shape index (κ1) is 20.7. The van der Waals surface area contributed by atoms with E-state index in [1.54, 1.807) is 19.2 Å². The monoisotopic (exact) mass is 438 g/mol. The van der Waals surface area contributed by atoms with Crippen molar-refractivity contribution >= 4 is 33.4 Å². The third-order valence-electron chi connectivity index (χ3n) is 4.36. The molecule has 2 aromatic rings. The van der Waals surface area contributed by atoms with E-state index in [9.17, 15) is 4.79 Å². The molecule has 1 unspecified atom stereocenters. The second-order valence-corrected chi connectivity index (χ2v) is 7.17. The molecule has 1 amide bonds. The Bertz CT molecular complexity index is 750. The summed E-state index contributed by atoms with van der Waals surface area (Å²) in [4.78, 5) is 14.9. The van der Waals surface area contributed by atoms with Gasteiger partial charge in [-0.3, -0.25) is 9.69 Å². The van der Waals surface area contributed by atoms with Crippen LogP contribution < -0.4 is 10.1 Å². The van der Waals surface area contributed by atoms with E-state index < -0.39 is 0 Å². The van der Waals surface area contributed by atoms with Gasteiger partial charge in [0.25, 0.3) is 5.91 Å². The molecule has 0 spiro atoms. The first-order valence-electron chi connectivity index (χ1n) is 8.61. The Kier molecular flexibility index (Phi) is 7.94. The zero-order chi connectivity index (χ0) is 19.1. The number of amides is 1. The van der Waals surface area contributed by atoms with Gasteiger partial charge >= 0.3 is 0 Å². The van der Waals surface area contributed by atoms with Gasteiger partial charge in [-0.15, -0.1) is 0 Å². The minimum atomic E-state index is -0.178. The summed E-state index contributed by atoms with van der Waals surface area (Å²) in [5, 5.41) is 3.45. The van der Waals surface area contributed by atoms with Crippen LogP contribution in [0.15, 0.2) is 46.9 Å². The van der Waals surface area contributed by atoms with Crippen LogP contribution in [0, 0.1) is 0 Å². The van der Waals surface area contributed by atoms with Crippen LogP contribution in [0.2, 0.25) is 5.02 Å². The number of carbonyl (C=O) groups excluding carboxylic acids is 1. The fraction of sp³-hybridized carbons (Fsp3) is 0.350. The molecule has 0 saturated carbocycles. The van der Waals surface area contributed by atoms with E-state index in [0.29, 0.717) is 17.1 Å². The quantitative estimate of drug-likeness (QED) is 0.634. The molecule has 0 bridgehead atoms. The molecule has 140 valence electrons. The molecule has 0 radical (unpaired) electrons. The highest BCUT2D eigenvalue weighted by atomic mass is 79.9. The SMILES string of the molecule is CCN(CC)C(CNC(=O)c1ccc(Br)cc1Cl)c1cccc(OC)c1. The number of benzene rings is 2. The van der Waals surface area contributed by atoms with Crippen LogP contribution in [0.25, 0.3) is 0 Å². The number of rotatable bonds is 8. The summed E-state index contributed by atoms with van der Waals surface area (Å²) in [6, 6.07) is 13.3. The molecular weight excluding hydrogens is 416 g/mol. The van der Waals surface area contributed by atoms with Gasteiger partial charge in [0, 0.05) is 11.0 Å². The van der Waals surface area contributed by atoms with Gasteiger partial charge in [-0.05, 0) is 49.0 Å². The summed E-state index contributed by atoms with van der Waals surface area (Å²) in [5.41, 5.74) is 1.58. The van der Waals surface area contributed by atoms with E-state index in [1.165, 1.54) is 0 Å². The lowest BCUT2D eigenvalue weighted by atomic mass is 10.0. The third-order valence-corrected chi connectivity index (χ3v) is 5.17. The van der Waals surface area contributed by atoms with E-state index in [-0.39, 0.29) is 11.9 Å². The molecule has 26 heavy (non-hydrogen) atoms. The molecule has 0 saturated heterocycles. The second kappa shape index (κ2) is 9.95. The summed E-state index contributed by atoms with van der Waals surface area (Å²) in [5.74, 6) is 0.629. The topological polar surface area (TPSA) is 41.6 Å². The molecule has 0 aliphatic carbocycles. The van der Waals surface area contributed by atoms with Crippen LogP contribution in [-0.4, -0.2) is 37.6 Å². The number of hydrogen-bond acceptors (Lipinski definition) is 3. The molecule has 1 N–H and O–H groups in total. The summed E-state index contributed by atoms with van der Waals surface area (Å²) < 4.78 is 6.19. The molecule has 0 aliphatic heterocycles. The molecule has 2 rings (SSSR count). The van der Waals surface area contributed by atoms with Crippen LogP contribution in [0.5, 0.6) is 5.75 Å². The Morgan fingerprint density at radius 1 is 1.23 bits per heavy atom. The third kappa shape index (κ3) is 5.22. The standard InChI is InChI=1S/C20H24BrClN2O2/c1-4-24(5-2)19(14-7-6-8-16(11-14)26-3)13-23-20(25)17-10-9-15(21)12-18(17)22/h6-12,19H,4-5,13H2,1-3H3,(H,23,25). The van der Waals surface area contributed by atoms with Crippen LogP contribution >= 0.6 is 27.5 Å². The number of nitrogens with zero attached hydrogens (tertiary/aromatic N) is 1. The number of likely N-dealkylation sites (N-methyl/N-ethyl adjacent to an activating group) is 1. The van der Waals surface area contributed by atoms with E-state index in [0.717, 1.165) is 28.9 Å². The van der Waals surface area contributed by atoms with Gasteiger partial charge in [-0.1, -0.05) is 53.5 Å². The zero-order valence-corrected chi connectivity index (χ0v) is 17.6. The smallest absolute Gasteiger partial charge is 0.252 e. The van der Waals surface area contributed by atoms with Gasteiger partial charge in [0.05, 0.1) is 23.7 Å². The molecule has 0 heterocycles. The van der Waals surface area contributed by atoms with Crippen molar-refractivity contribution in [2.24, 2.45) is 0 Å². The molecule has 6 heteroatoms. The second-order valence-electron chi connectivity index (χ2n) is 5.85. The van der Waals surface area contributed by atoms with Gasteiger partial charge < -0.3 is 10.1 Å². The van der Waals surface area contributed by atoms with Gasteiger partial charge in [-0.25, -0.2) is 0 Å². The van der Waals surface area contributed by atoms with Crippen molar-refractivity contribution < 1.29 is 9.53 Å². The molecule has 0 aromatic heterocycles. The average molecular weight is 440 g/mol. The maximum atomic E-state index is 12.6. The summed E-state index contributed by atoms with van der Waals surface area (Å²) in [7, 11) is 1.66. The zero-order valence-electron chi connectivity index (χ0n) is 15.3. The minimum Gasteiger partial charge on any atom is -0.497 e. The summed E-state index contributed by atoms with van der Waals surface area (Å²) >= 11 is 9.55. The molecule has 4 nitrogen and oxygen atoms in total. The fourth-order valence-corrected chi connectivity index (χ4v) is 3.69. The van der Waals surface area contributed by atoms with Crippen molar-refractivity contribution in [3.05, 3.63) is 63.1 Å². The van der Waals surface area contributed by atoms with Crippen LogP contribution in [0.1, 0.15) is 35.8 Å². The van der Waals surface area contributed by atoms with Crippen molar-refractivity contribution in [1.29, 1.82) is 0 Å². The van der Waals surface area contributed by atoms with E-state index in [4.69, 9.17) is 16.3 Å². The van der Waals surface area contributed by atoms with E-state index in [1.807, 2.05) is 24.3 Å². The Balaban J connectivity index is 2.19. The van der Waals surface area contributed by atoms with Crippen molar-refractivity contribution in [2.75, 3.05) is 26.7 Å². The average Bonchev–Trinajstić information content (AvgIpc) is 2.65. The number of nitrogens with one attached hydrogen (secondary N) is 1. The molecular formula is C20H24BrClN2O2. The largest absolute Gasteiger partial charge is 0.497 e. The summed E-state index contributed by atoms with van der Waals surface area (Å²) in [6.07, 6.45) is 0. The lowest BCUT2D eigenvalue weighted by molar-refractivity contribution is 0.0935. The first-order chi connectivity index (χ1) is 12.5. The molecule has 0 aliphatic rings. The highest BCUT2D eigenvalue weighted by Crippen LogP contribution is 2.25. The predicted molar refractivity (Wildman–Crippen MR) is 110 cm³/mol. The fourth-order valence-electron chi connectivity index (χ4n) is 2.93. The number of ether oxygens (including phenoxy) is 1. The highest BCUT2D eigenvalue weighted by Gasteiger charge is 2.20. The lowest BCUT2D eigenvalue weighted by Crippen LogP contribution is -2.38. The van der Waals surface area contributed by atoms with Crippen LogP contribution in [0.4, 0.5) is 0 Å². The van der Waals surface area contributed by atoms with Gasteiger partial charge in [0.15, 0.2) is 0 Å². The van der Waals surface area contributed by atoms with Crippen molar-refractivity contribution in [2.45, 2.75) is 19.9 Å². The molecule has 2 aromatic carbocycles. The van der Waals surface area contributed by atoms with Crippen LogP contribution in [0.3, 0.4) is 0 Å². The normalized spacial score (nSPS) is 12.1. The lowest BCUT2D eigenvalue weighted by Gasteiger charge is -2.30. The highest BCUT2D eigenvalue weighted by molar-refractivity contribution is 9.10. The van der Waals surface area contributed by atoms with Crippen molar-refractivity contribution in [3.8, 4) is 5.75 Å². The maximum Gasteiger partial charge on any atom is 0.252 e. The molecule has 0 fully saturated rings. The Morgan fingerprint density at radius 3 is 2.58 bits per heavy atom. The Hall–Kier alpha value is -1.56. The van der Waals surface area contributed by atoms with Gasteiger partial charge in [0.1, 0.15) is 5.75 Å². The van der Waals surface area contributed by atoms with Crippen molar-refractivity contribution in [1.82, 2.24) is 10.2 Å². The summed E-state index contributed by atoms with van der Waals surface area (Å²) in [6.45, 7) is 6.48. The predicted octanol–water partition coefficient (Wildman–Crippen LogP) is 4.92. The number of carbonyl (C=O) groups is 1. The number of halogens is 2. The molecule has 1 atom stereocenters.